The van der Waals surface area contributed by atoms with Crippen molar-refractivity contribution in [3.8, 4) is 17.0 Å². The molecular weight excluding hydrogens is 359 g/mol. The maximum absolute atomic E-state index is 12.2. The molecule has 1 aromatic carbocycles. The van der Waals surface area contributed by atoms with Gasteiger partial charge in [-0.3, -0.25) is 0 Å². The number of alkyl halides is 3. The molecular formula is C18H16F3N5O. The van der Waals surface area contributed by atoms with Crippen molar-refractivity contribution >= 4 is 11.8 Å². The van der Waals surface area contributed by atoms with E-state index in [1.165, 1.54) is 24.3 Å². The van der Waals surface area contributed by atoms with E-state index in [-0.39, 0.29) is 5.75 Å². The Kier molecular flexibility index (Phi) is 5.70. The highest BCUT2D eigenvalue weighted by Crippen LogP contribution is 2.25. The van der Waals surface area contributed by atoms with Gasteiger partial charge in [-0.2, -0.15) is 0 Å². The summed E-state index contributed by atoms with van der Waals surface area (Å²) in [6.07, 6.45) is -1.43. The van der Waals surface area contributed by atoms with E-state index in [4.69, 9.17) is 0 Å². The zero-order valence-electron chi connectivity index (χ0n) is 14.1. The van der Waals surface area contributed by atoms with Crippen molar-refractivity contribution in [3.05, 3.63) is 60.9 Å². The van der Waals surface area contributed by atoms with E-state index in [0.29, 0.717) is 30.3 Å². The van der Waals surface area contributed by atoms with E-state index in [0.717, 1.165) is 5.82 Å². The lowest BCUT2D eigenvalue weighted by molar-refractivity contribution is -0.274. The molecule has 9 heteroatoms. The summed E-state index contributed by atoms with van der Waals surface area (Å²) in [7, 11) is 0. The van der Waals surface area contributed by atoms with Gasteiger partial charge in [-0.15, -0.1) is 13.2 Å². The molecule has 0 radical (unpaired) electrons. The number of benzene rings is 1. The smallest absolute Gasteiger partial charge is 0.406 e. The average Bonchev–Trinajstić information content (AvgIpc) is 2.66. The van der Waals surface area contributed by atoms with Gasteiger partial charge in [-0.1, -0.05) is 6.07 Å². The number of pyridine rings is 1. The van der Waals surface area contributed by atoms with Gasteiger partial charge in [-0.25, -0.2) is 15.0 Å². The molecule has 2 aromatic heterocycles. The van der Waals surface area contributed by atoms with Gasteiger partial charge in [0, 0.05) is 31.0 Å². The molecule has 0 aliphatic carbocycles. The van der Waals surface area contributed by atoms with Crippen molar-refractivity contribution in [1.29, 1.82) is 0 Å². The first-order valence-electron chi connectivity index (χ1n) is 8.08. The zero-order valence-corrected chi connectivity index (χ0v) is 14.1. The third kappa shape index (κ3) is 5.84. The Hall–Kier alpha value is -3.36. The van der Waals surface area contributed by atoms with Crippen LogP contribution in [0.1, 0.15) is 0 Å². The van der Waals surface area contributed by atoms with Crippen molar-refractivity contribution in [1.82, 2.24) is 15.0 Å². The average molecular weight is 375 g/mol. The van der Waals surface area contributed by atoms with Crippen LogP contribution in [0.25, 0.3) is 11.3 Å². The number of hydrogen-bond donors (Lipinski definition) is 2. The topological polar surface area (TPSA) is 72.0 Å². The Labute approximate surface area is 153 Å². The van der Waals surface area contributed by atoms with Crippen molar-refractivity contribution in [2.75, 3.05) is 23.7 Å². The van der Waals surface area contributed by atoms with E-state index in [2.05, 4.69) is 30.3 Å². The molecule has 6 nitrogen and oxygen atoms in total. The second-order valence-electron chi connectivity index (χ2n) is 5.41. The molecule has 27 heavy (non-hydrogen) atoms. The minimum absolute atomic E-state index is 0.278. The summed E-state index contributed by atoms with van der Waals surface area (Å²) in [6, 6.07) is 12.8. The zero-order chi connectivity index (χ0) is 19.1. The van der Waals surface area contributed by atoms with E-state index >= 15 is 0 Å². The Morgan fingerprint density at radius 3 is 2.33 bits per heavy atom. The highest BCUT2D eigenvalue weighted by atomic mass is 19.4. The number of aromatic nitrogens is 3. The molecule has 0 bridgehead atoms. The van der Waals surface area contributed by atoms with Gasteiger partial charge >= 0.3 is 6.36 Å². The number of nitrogens with one attached hydrogen (secondary N) is 2. The van der Waals surface area contributed by atoms with Gasteiger partial charge in [0.05, 0.1) is 5.69 Å². The lowest BCUT2D eigenvalue weighted by atomic mass is 10.1. The van der Waals surface area contributed by atoms with Crippen LogP contribution in [-0.2, 0) is 0 Å². The second-order valence-corrected chi connectivity index (χ2v) is 5.41. The van der Waals surface area contributed by atoms with Crippen molar-refractivity contribution in [2.24, 2.45) is 0 Å². The molecule has 0 saturated heterocycles. The lowest BCUT2D eigenvalue weighted by Gasteiger charge is -2.10. The highest BCUT2D eigenvalue weighted by molar-refractivity contribution is 5.61. The summed E-state index contributed by atoms with van der Waals surface area (Å²) in [5.41, 5.74) is 1.24. The van der Waals surface area contributed by atoms with Gasteiger partial charge in [0.25, 0.3) is 0 Å². The largest absolute Gasteiger partial charge is 0.573 e. The molecule has 0 spiro atoms. The summed E-state index contributed by atoms with van der Waals surface area (Å²) in [5.74, 6) is 0.917. The number of nitrogens with zero attached hydrogens (tertiary/aromatic N) is 3. The predicted molar refractivity (Wildman–Crippen MR) is 95.4 cm³/mol. The van der Waals surface area contributed by atoms with Crippen molar-refractivity contribution in [2.45, 2.75) is 6.36 Å². The number of anilines is 2. The summed E-state index contributed by atoms with van der Waals surface area (Å²) in [5, 5.41) is 6.23. The monoisotopic (exact) mass is 375 g/mol. The van der Waals surface area contributed by atoms with Crippen LogP contribution in [0.3, 0.4) is 0 Å². The van der Waals surface area contributed by atoms with Gasteiger partial charge in [0.1, 0.15) is 11.6 Å². The fourth-order valence-corrected chi connectivity index (χ4v) is 2.26. The van der Waals surface area contributed by atoms with Crippen LogP contribution in [0.2, 0.25) is 0 Å². The third-order valence-electron chi connectivity index (χ3n) is 3.42. The van der Waals surface area contributed by atoms with Crippen LogP contribution >= 0.6 is 0 Å². The highest BCUT2D eigenvalue weighted by Gasteiger charge is 2.30. The molecule has 0 amide bonds. The maximum Gasteiger partial charge on any atom is 0.573 e. The molecule has 140 valence electrons. The predicted octanol–water partition coefficient (Wildman–Crippen LogP) is 3.96. The molecule has 0 aliphatic rings. The summed E-state index contributed by atoms with van der Waals surface area (Å²) in [4.78, 5) is 12.7. The molecule has 2 N–H and O–H groups in total. The Bertz CT molecular complexity index is 857. The quantitative estimate of drug-likeness (QED) is 0.609. The van der Waals surface area contributed by atoms with Crippen LogP contribution in [0, 0.1) is 0 Å². The molecule has 3 aromatic rings. The van der Waals surface area contributed by atoms with Crippen molar-refractivity contribution < 1.29 is 17.9 Å². The summed E-state index contributed by atoms with van der Waals surface area (Å²) in [6.45, 7) is 1.19. The minimum atomic E-state index is -4.71. The fraction of sp³-hybridized carbons (Fsp3) is 0.167. The maximum atomic E-state index is 12.2. The first-order chi connectivity index (χ1) is 13.0. The number of rotatable bonds is 7. The van der Waals surface area contributed by atoms with Crippen molar-refractivity contribution in [3.63, 3.8) is 0 Å². The Balaban J connectivity index is 1.56. The van der Waals surface area contributed by atoms with Crippen LogP contribution in [-0.4, -0.2) is 34.4 Å². The van der Waals surface area contributed by atoms with Gasteiger partial charge in [0.15, 0.2) is 0 Å². The molecule has 0 fully saturated rings. The van der Waals surface area contributed by atoms with Crippen LogP contribution in [0.5, 0.6) is 5.75 Å². The standard InChI is InChI=1S/C18H16F3N5O/c19-18(20,21)27-14-6-4-13(5-7-14)15-8-10-24-17(26-15)25-12-11-23-16-3-1-2-9-22-16/h1-10H,11-12H2,(H,22,23)(H,24,25,26). The summed E-state index contributed by atoms with van der Waals surface area (Å²) < 4.78 is 40.5. The Morgan fingerprint density at radius 2 is 1.63 bits per heavy atom. The number of hydrogen-bond acceptors (Lipinski definition) is 6. The van der Waals surface area contributed by atoms with Crippen LogP contribution in [0.4, 0.5) is 24.9 Å². The molecule has 0 atom stereocenters. The van der Waals surface area contributed by atoms with Crippen LogP contribution in [0.15, 0.2) is 60.9 Å². The normalized spacial score (nSPS) is 11.1. The van der Waals surface area contributed by atoms with E-state index in [1.807, 2.05) is 18.2 Å². The molecule has 0 aliphatic heterocycles. The molecule has 2 heterocycles. The first-order valence-corrected chi connectivity index (χ1v) is 8.08. The first kappa shape index (κ1) is 18.4. The van der Waals surface area contributed by atoms with Crippen LogP contribution < -0.4 is 15.4 Å². The third-order valence-corrected chi connectivity index (χ3v) is 3.42. The Morgan fingerprint density at radius 1 is 0.852 bits per heavy atom. The fourth-order valence-electron chi connectivity index (χ4n) is 2.26. The van der Waals surface area contributed by atoms with E-state index in [9.17, 15) is 13.2 Å². The summed E-state index contributed by atoms with van der Waals surface area (Å²) >= 11 is 0. The van der Waals surface area contributed by atoms with Gasteiger partial charge < -0.3 is 15.4 Å². The molecule has 0 unspecified atom stereocenters. The van der Waals surface area contributed by atoms with Gasteiger partial charge in [-0.05, 0) is 42.5 Å². The van der Waals surface area contributed by atoms with E-state index in [1.54, 1.807) is 18.5 Å². The lowest BCUT2D eigenvalue weighted by Crippen LogP contribution is -2.17. The second kappa shape index (κ2) is 8.35. The number of ether oxygens (including phenoxy) is 1. The molecule has 3 rings (SSSR count). The SMILES string of the molecule is FC(F)(F)Oc1ccc(-c2ccnc(NCCNc3ccccn3)n2)cc1. The van der Waals surface area contributed by atoms with E-state index < -0.39 is 6.36 Å². The minimum Gasteiger partial charge on any atom is -0.406 e. The molecule has 0 saturated carbocycles. The number of halogens is 3. The van der Waals surface area contributed by atoms with Gasteiger partial charge in [0.2, 0.25) is 5.95 Å².